The number of hydrogen-bond acceptors (Lipinski definition) is 5. The fourth-order valence-electron chi connectivity index (χ4n) is 6.18. The van der Waals surface area contributed by atoms with E-state index in [1.807, 2.05) is 12.1 Å². The summed E-state index contributed by atoms with van der Waals surface area (Å²) in [6.45, 7) is 13.2. The minimum atomic E-state index is -0.368. The van der Waals surface area contributed by atoms with Gasteiger partial charge >= 0.3 is 11.6 Å². The van der Waals surface area contributed by atoms with E-state index in [0.29, 0.717) is 23.9 Å². The first kappa shape index (κ1) is 21.7. The van der Waals surface area contributed by atoms with Gasteiger partial charge in [0, 0.05) is 35.8 Å². The van der Waals surface area contributed by atoms with Gasteiger partial charge in [-0.25, -0.2) is 4.79 Å². The zero-order valence-corrected chi connectivity index (χ0v) is 18.9. The van der Waals surface area contributed by atoms with Gasteiger partial charge in [0.05, 0.1) is 6.61 Å². The highest BCUT2D eigenvalue weighted by atomic mass is 16.5. The predicted octanol–water partition coefficient (Wildman–Crippen LogP) is 5.51. The Bertz CT molecular complexity index is 1060. The molecule has 4 rings (SSSR count). The Morgan fingerprint density at radius 2 is 1.94 bits per heavy atom. The van der Waals surface area contributed by atoms with Crippen molar-refractivity contribution in [2.45, 2.75) is 59.5 Å². The van der Waals surface area contributed by atoms with E-state index >= 15 is 0 Å². The van der Waals surface area contributed by atoms with E-state index in [9.17, 15) is 9.59 Å². The fourth-order valence-corrected chi connectivity index (χ4v) is 6.18. The average molecular weight is 425 g/mol. The van der Waals surface area contributed by atoms with Crippen LogP contribution in [0.1, 0.15) is 53.4 Å². The highest BCUT2D eigenvalue weighted by Gasteiger charge is 2.57. The molecule has 31 heavy (non-hydrogen) atoms. The minimum Gasteiger partial charge on any atom is -0.493 e. The molecule has 2 aliphatic carbocycles. The molecule has 2 aliphatic rings. The molecular weight excluding hydrogens is 392 g/mol. The smallest absolute Gasteiger partial charge is 0.336 e. The van der Waals surface area contributed by atoms with Crippen molar-refractivity contribution in [1.29, 1.82) is 0 Å². The zero-order chi connectivity index (χ0) is 22.4. The number of rotatable bonds is 4. The lowest BCUT2D eigenvalue weighted by molar-refractivity contribution is -0.175. The van der Waals surface area contributed by atoms with Crippen molar-refractivity contribution in [1.82, 2.24) is 0 Å². The van der Waals surface area contributed by atoms with Gasteiger partial charge in [0.2, 0.25) is 0 Å². The molecule has 2 aromatic rings. The van der Waals surface area contributed by atoms with Gasteiger partial charge in [0.15, 0.2) is 0 Å². The van der Waals surface area contributed by atoms with Crippen LogP contribution >= 0.6 is 0 Å². The van der Waals surface area contributed by atoms with Gasteiger partial charge < -0.3 is 13.9 Å². The highest BCUT2D eigenvalue weighted by Crippen LogP contribution is 2.61. The number of carbonyl (C=O) groups excluding carboxylic acids is 1. The number of benzene rings is 1. The Hall–Kier alpha value is -2.56. The third-order valence-electron chi connectivity index (χ3n) is 7.83. The standard InChI is InChI=1S/C26H32O5/c1-16-6-10-22-25(3,4)23(30-17(2)27)12-13-26(22,5)20(16)15-29-19-9-7-18-8-11-24(28)31-21(18)14-19/h7-9,11,14,20,22-23H,1,6,10,12-13,15H2,2-5H3/t20-,22+,23+,26+/m0/s1. The highest BCUT2D eigenvalue weighted by molar-refractivity contribution is 5.77. The molecule has 2 fully saturated rings. The second kappa shape index (κ2) is 7.85. The molecule has 0 unspecified atom stereocenters. The Morgan fingerprint density at radius 1 is 1.19 bits per heavy atom. The molecule has 0 spiro atoms. The van der Waals surface area contributed by atoms with Crippen LogP contribution in [0.15, 0.2) is 51.7 Å². The SMILES string of the molecule is C=C1CC[C@@H]2C(C)(C)[C@H](OC(C)=O)CC[C@]2(C)[C@H]1COc1ccc2ccc(=O)oc2c1. The summed E-state index contributed by atoms with van der Waals surface area (Å²) in [4.78, 5) is 23.2. The minimum absolute atomic E-state index is 0.0267. The topological polar surface area (TPSA) is 65.7 Å². The van der Waals surface area contributed by atoms with E-state index in [4.69, 9.17) is 13.9 Å². The molecule has 0 bridgehead atoms. The maximum atomic E-state index is 11.6. The molecule has 0 N–H and O–H groups in total. The zero-order valence-electron chi connectivity index (χ0n) is 18.9. The second-order valence-corrected chi connectivity index (χ2v) is 10.0. The molecule has 5 nitrogen and oxygen atoms in total. The van der Waals surface area contributed by atoms with E-state index in [1.54, 1.807) is 12.1 Å². The molecular formula is C26H32O5. The largest absolute Gasteiger partial charge is 0.493 e. The Labute approximate surface area is 183 Å². The summed E-state index contributed by atoms with van der Waals surface area (Å²) >= 11 is 0. The normalized spacial score (nSPS) is 29.9. The van der Waals surface area contributed by atoms with Crippen LogP contribution in [0.3, 0.4) is 0 Å². The van der Waals surface area contributed by atoms with Crippen molar-refractivity contribution < 1.29 is 18.7 Å². The molecule has 2 saturated carbocycles. The van der Waals surface area contributed by atoms with Crippen LogP contribution in [0.5, 0.6) is 5.75 Å². The molecule has 0 saturated heterocycles. The van der Waals surface area contributed by atoms with Crippen molar-refractivity contribution in [3.63, 3.8) is 0 Å². The fraction of sp³-hybridized carbons (Fsp3) is 0.538. The van der Waals surface area contributed by atoms with Gasteiger partial charge in [0.25, 0.3) is 0 Å². The van der Waals surface area contributed by atoms with Crippen LogP contribution in [0.2, 0.25) is 0 Å². The Morgan fingerprint density at radius 3 is 2.68 bits per heavy atom. The van der Waals surface area contributed by atoms with Crippen LogP contribution in [0, 0.1) is 22.7 Å². The molecule has 166 valence electrons. The number of hydrogen-bond donors (Lipinski definition) is 0. The van der Waals surface area contributed by atoms with Gasteiger partial charge in [-0.3, -0.25) is 4.79 Å². The average Bonchev–Trinajstić information content (AvgIpc) is 2.69. The third kappa shape index (κ3) is 3.90. The van der Waals surface area contributed by atoms with Crippen molar-refractivity contribution in [3.8, 4) is 5.75 Å². The third-order valence-corrected chi connectivity index (χ3v) is 7.83. The lowest BCUT2D eigenvalue weighted by Crippen LogP contribution is -2.56. The summed E-state index contributed by atoms with van der Waals surface area (Å²) in [5.41, 5.74) is 1.31. The first-order valence-electron chi connectivity index (χ1n) is 11.1. The number of fused-ring (bicyclic) bond motifs is 2. The summed E-state index contributed by atoms with van der Waals surface area (Å²) in [6, 6.07) is 8.77. The van der Waals surface area contributed by atoms with Gasteiger partial charge in [-0.05, 0) is 55.2 Å². The molecule has 1 heterocycles. The molecule has 1 aromatic heterocycles. The van der Waals surface area contributed by atoms with Crippen molar-refractivity contribution in [3.05, 3.63) is 52.9 Å². The summed E-state index contributed by atoms with van der Waals surface area (Å²) < 4.78 is 17.2. The molecule has 1 aromatic carbocycles. The van der Waals surface area contributed by atoms with Crippen LogP contribution in [-0.2, 0) is 9.53 Å². The number of esters is 1. The molecule has 5 heteroatoms. The molecule has 0 radical (unpaired) electrons. The lowest BCUT2D eigenvalue weighted by Gasteiger charge is -2.59. The van der Waals surface area contributed by atoms with E-state index in [-0.39, 0.29) is 34.4 Å². The summed E-state index contributed by atoms with van der Waals surface area (Å²) in [5, 5.41) is 0.867. The van der Waals surface area contributed by atoms with Crippen LogP contribution in [0.25, 0.3) is 11.0 Å². The second-order valence-electron chi connectivity index (χ2n) is 10.0. The maximum Gasteiger partial charge on any atom is 0.336 e. The summed E-state index contributed by atoms with van der Waals surface area (Å²) in [5.74, 6) is 1.10. The van der Waals surface area contributed by atoms with Crippen LogP contribution in [-0.4, -0.2) is 18.7 Å². The van der Waals surface area contributed by atoms with Crippen molar-refractivity contribution >= 4 is 16.9 Å². The molecule has 0 amide bonds. The van der Waals surface area contributed by atoms with E-state index < -0.39 is 0 Å². The van der Waals surface area contributed by atoms with Crippen molar-refractivity contribution in [2.24, 2.45) is 22.7 Å². The maximum absolute atomic E-state index is 11.6. The van der Waals surface area contributed by atoms with Gasteiger partial charge in [0.1, 0.15) is 17.4 Å². The quantitative estimate of drug-likeness (QED) is 0.368. The van der Waals surface area contributed by atoms with E-state index in [0.717, 1.165) is 31.1 Å². The van der Waals surface area contributed by atoms with Gasteiger partial charge in [-0.15, -0.1) is 0 Å². The van der Waals surface area contributed by atoms with Crippen LogP contribution in [0.4, 0.5) is 0 Å². The monoisotopic (exact) mass is 424 g/mol. The van der Waals surface area contributed by atoms with E-state index in [2.05, 4.69) is 27.4 Å². The Balaban J connectivity index is 1.56. The molecule has 4 atom stereocenters. The van der Waals surface area contributed by atoms with Crippen LogP contribution < -0.4 is 10.4 Å². The summed E-state index contributed by atoms with van der Waals surface area (Å²) in [7, 11) is 0. The first-order valence-corrected chi connectivity index (χ1v) is 11.1. The Kier molecular flexibility index (Phi) is 5.48. The summed E-state index contributed by atoms with van der Waals surface area (Å²) in [6.07, 6.45) is 3.78. The molecule has 0 aliphatic heterocycles. The van der Waals surface area contributed by atoms with Crippen molar-refractivity contribution in [2.75, 3.05) is 6.61 Å². The van der Waals surface area contributed by atoms with Gasteiger partial charge in [-0.1, -0.05) is 32.9 Å². The predicted molar refractivity (Wildman–Crippen MR) is 120 cm³/mol. The van der Waals surface area contributed by atoms with E-state index in [1.165, 1.54) is 18.6 Å². The number of carbonyl (C=O) groups is 1. The number of ether oxygens (including phenoxy) is 2. The van der Waals surface area contributed by atoms with Gasteiger partial charge in [-0.2, -0.15) is 0 Å². The lowest BCUT2D eigenvalue weighted by atomic mass is 9.47. The first-order chi connectivity index (χ1) is 14.6.